The zero-order valence-electron chi connectivity index (χ0n) is 8.80. The van der Waals surface area contributed by atoms with Crippen molar-refractivity contribution < 1.29 is 9.90 Å². The van der Waals surface area contributed by atoms with Crippen LogP contribution in [0.25, 0.3) is 10.9 Å². The fourth-order valence-corrected chi connectivity index (χ4v) is 1.72. The molecule has 0 fully saturated rings. The van der Waals surface area contributed by atoms with Gasteiger partial charge in [-0.25, -0.2) is 4.79 Å². The first-order valence-electron chi connectivity index (χ1n) is 5.00. The molecule has 4 heteroatoms. The number of pyridine rings is 1. The van der Waals surface area contributed by atoms with Crippen LogP contribution in [0.1, 0.15) is 17.3 Å². The number of hydrogen-bond acceptors (Lipinski definition) is 2. The summed E-state index contributed by atoms with van der Waals surface area (Å²) >= 11 is 0. The molecule has 4 nitrogen and oxygen atoms in total. The second-order valence-corrected chi connectivity index (χ2v) is 3.50. The number of carboxylic acid groups (broad SMARTS) is 1. The van der Waals surface area contributed by atoms with E-state index in [0.717, 1.165) is 12.1 Å². The fourth-order valence-electron chi connectivity index (χ4n) is 1.72. The molecule has 1 aromatic carbocycles. The molecule has 0 amide bonds. The molecule has 0 aliphatic heterocycles. The Morgan fingerprint density at radius 1 is 1.38 bits per heavy atom. The second-order valence-electron chi connectivity index (χ2n) is 3.50. The lowest BCUT2D eigenvalue weighted by atomic mass is 10.1. The minimum absolute atomic E-state index is 0.137. The van der Waals surface area contributed by atoms with Crippen LogP contribution in [0.4, 0.5) is 0 Å². The lowest BCUT2D eigenvalue weighted by Gasteiger charge is -2.07. The Balaban J connectivity index is 2.83. The van der Waals surface area contributed by atoms with E-state index in [1.54, 1.807) is 12.3 Å². The Labute approximate surface area is 91.8 Å². The van der Waals surface area contributed by atoms with E-state index in [2.05, 4.69) is 0 Å². The Morgan fingerprint density at radius 2 is 2.12 bits per heavy atom. The van der Waals surface area contributed by atoms with Crippen molar-refractivity contribution in [1.82, 2.24) is 4.57 Å². The number of carbonyl (C=O) groups is 1. The predicted octanol–water partition coefficient (Wildman–Crippen LogP) is 1.72. The molecular formula is C12H11NO3. The quantitative estimate of drug-likeness (QED) is 0.833. The van der Waals surface area contributed by atoms with Crippen LogP contribution >= 0.6 is 0 Å². The van der Waals surface area contributed by atoms with Crippen molar-refractivity contribution in [2.24, 2.45) is 0 Å². The van der Waals surface area contributed by atoms with Gasteiger partial charge < -0.3 is 9.67 Å². The summed E-state index contributed by atoms with van der Waals surface area (Å²) in [5.74, 6) is -1.02. The highest BCUT2D eigenvalue weighted by atomic mass is 16.4. The molecule has 2 aromatic rings. The highest BCUT2D eigenvalue weighted by Crippen LogP contribution is 2.12. The third-order valence-electron chi connectivity index (χ3n) is 2.56. The average Bonchev–Trinajstić information content (AvgIpc) is 2.29. The molecule has 16 heavy (non-hydrogen) atoms. The largest absolute Gasteiger partial charge is 0.478 e. The summed E-state index contributed by atoms with van der Waals surface area (Å²) in [6.45, 7) is 2.71. The Kier molecular flexibility index (Phi) is 2.48. The first kappa shape index (κ1) is 10.4. The maximum Gasteiger partial charge on any atom is 0.335 e. The fraction of sp³-hybridized carbons (Fsp3) is 0.167. The minimum Gasteiger partial charge on any atom is -0.478 e. The highest BCUT2D eigenvalue weighted by molar-refractivity contribution is 5.93. The molecule has 0 atom stereocenters. The summed E-state index contributed by atoms with van der Waals surface area (Å²) in [6, 6.07) is 6.06. The van der Waals surface area contributed by atoms with Gasteiger partial charge in [0.25, 0.3) is 0 Å². The summed E-state index contributed by atoms with van der Waals surface area (Å²) in [5.41, 5.74) is 0.751. The van der Waals surface area contributed by atoms with Crippen molar-refractivity contribution in [2.75, 3.05) is 0 Å². The number of aromatic nitrogens is 1. The number of carboxylic acids is 1. The van der Waals surface area contributed by atoms with Gasteiger partial charge in [0, 0.05) is 24.2 Å². The van der Waals surface area contributed by atoms with Crippen molar-refractivity contribution in [3.05, 3.63) is 46.2 Å². The number of nitrogens with zero attached hydrogens (tertiary/aromatic N) is 1. The van der Waals surface area contributed by atoms with Crippen LogP contribution in [-0.2, 0) is 6.54 Å². The van der Waals surface area contributed by atoms with Crippen molar-refractivity contribution in [2.45, 2.75) is 13.5 Å². The topological polar surface area (TPSA) is 59.3 Å². The van der Waals surface area contributed by atoms with Crippen LogP contribution in [0.15, 0.2) is 35.3 Å². The van der Waals surface area contributed by atoms with Crippen LogP contribution in [0, 0.1) is 0 Å². The molecule has 0 spiro atoms. The van der Waals surface area contributed by atoms with Crippen molar-refractivity contribution in [1.29, 1.82) is 0 Å². The van der Waals surface area contributed by atoms with Gasteiger partial charge in [0.2, 0.25) is 0 Å². The van der Waals surface area contributed by atoms with Gasteiger partial charge in [-0.05, 0) is 25.1 Å². The lowest BCUT2D eigenvalue weighted by molar-refractivity contribution is 0.0697. The molecule has 0 saturated carbocycles. The number of aryl methyl sites for hydroxylation is 1. The van der Waals surface area contributed by atoms with Gasteiger partial charge in [-0.3, -0.25) is 4.79 Å². The molecule has 0 bridgehead atoms. The van der Waals surface area contributed by atoms with E-state index < -0.39 is 5.97 Å². The molecule has 0 saturated heterocycles. The van der Waals surface area contributed by atoms with Crippen LogP contribution < -0.4 is 5.43 Å². The van der Waals surface area contributed by atoms with Gasteiger partial charge in [-0.2, -0.15) is 0 Å². The lowest BCUT2D eigenvalue weighted by Crippen LogP contribution is -2.08. The molecule has 82 valence electrons. The smallest absolute Gasteiger partial charge is 0.335 e. The third kappa shape index (κ3) is 1.58. The van der Waals surface area contributed by atoms with E-state index in [-0.39, 0.29) is 11.0 Å². The third-order valence-corrected chi connectivity index (χ3v) is 2.56. The van der Waals surface area contributed by atoms with E-state index in [1.165, 1.54) is 18.2 Å². The molecular weight excluding hydrogens is 206 g/mol. The first-order chi connectivity index (χ1) is 7.63. The summed E-state index contributed by atoms with van der Waals surface area (Å²) in [5, 5.41) is 9.30. The summed E-state index contributed by atoms with van der Waals surface area (Å²) in [7, 11) is 0. The second kappa shape index (κ2) is 3.81. The standard InChI is InChI=1S/C12H11NO3/c1-2-13-6-5-11(14)9-7-8(12(15)16)3-4-10(9)13/h3-7H,2H2,1H3,(H,15,16). The van der Waals surface area contributed by atoms with Gasteiger partial charge in [-0.15, -0.1) is 0 Å². The van der Waals surface area contributed by atoms with Crippen molar-refractivity contribution >= 4 is 16.9 Å². The van der Waals surface area contributed by atoms with Gasteiger partial charge in [0.15, 0.2) is 5.43 Å². The summed E-state index contributed by atoms with van der Waals surface area (Å²) < 4.78 is 1.91. The number of benzene rings is 1. The number of hydrogen-bond donors (Lipinski definition) is 1. The van der Waals surface area contributed by atoms with Crippen LogP contribution in [0.5, 0.6) is 0 Å². The number of aromatic carboxylic acids is 1. The molecule has 0 aliphatic rings. The monoisotopic (exact) mass is 217 g/mol. The zero-order chi connectivity index (χ0) is 11.7. The summed E-state index contributed by atoms with van der Waals surface area (Å²) in [6.07, 6.45) is 1.71. The predicted molar refractivity (Wildman–Crippen MR) is 60.8 cm³/mol. The van der Waals surface area contributed by atoms with Gasteiger partial charge in [-0.1, -0.05) is 0 Å². The Morgan fingerprint density at radius 3 is 2.75 bits per heavy atom. The average molecular weight is 217 g/mol. The molecule has 1 aromatic heterocycles. The first-order valence-corrected chi connectivity index (χ1v) is 5.00. The Hall–Kier alpha value is -2.10. The normalized spacial score (nSPS) is 10.6. The van der Waals surface area contributed by atoms with E-state index >= 15 is 0 Å². The van der Waals surface area contributed by atoms with Crippen LogP contribution in [0.3, 0.4) is 0 Å². The highest BCUT2D eigenvalue weighted by Gasteiger charge is 2.07. The molecule has 0 radical (unpaired) electrons. The molecule has 0 aliphatic carbocycles. The zero-order valence-corrected chi connectivity index (χ0v) is 8.80. The van der Waals surface area contributed by atoms with E-state index in [4.69, 9.17) is 5.11 Å². The molecule has 2 rings (SSSR count). The van der Waals surface area contributed by atoms with E-state index in [0.29, 0.717) is 5.39 Å². The Bertz CT molecular complexity index is 613. The van der Waals surface area contributed by atoms with Crippen LogP contribution in [0.2, 0.25) is 0 Å². The van der Waals surface area contributed by atoms with Crippen molar-refractivity contribution in [3.8, 4) is 0 Å². The SMILES string of the molecule is CCn1ccc(=O)c2cc(C(=O)O)ccc21. The minimum atomic E-state index is -1.02. The van der Waals surface area contributed by atoms with Crippen molar-refractivity contribution in [3.63, 3.8) is 0 Å². The summed E-state index contributed by atoms with van der Waals surface area (Å²) in [4.78, 5) is 22.4. The maximum absolute atomic E-state index is 11.6. The number of rotatable bonds is 2. The van der Waals surface area contributed by atoms with Crippen LogP contribution in [-0.4, -0.2) is 15.6 Å². The van der Waals surface area contributed by atoms with Gasteiger partial charge in [0.05, 0.1) is 11.1 Å². The van der Waals surface area contributed by atoms with E-state index in [9.17, 15) is 9.59 Å². The van der Waals surface area contributed by atoms with Gasteiger partial charge >= 0.3 is 5.97 Å². The molecule has 1 heterocycles. The molecule has 0 unspecified atom stereocenters. The molecule has 1 N–H and O–H groups in total. The van der Waals surface area contributed by atoms with E-state index in [1.807, 2.05) is 11.5 Å². The maximum atomic E-state index is 11.6. The number of fused-ring (bicyclic) bond motifs is 1. The van der Waals surface area contributed by atoms with Gasteiger partial charge in [0.1, 0.15) is 0 Å².